The molecule has 0 saturated carbocycles. The summed E-state index contributed by atoms with van der Waals surface area (Å²) < 4.78 is 26.8. The smallest absolute Gasteiger partial charge is 0.410 e. The Morgan fingerprint density at radius 1 is 1.16 bits per heavy atom. The van der Waals surface area contributed by atoms with Crippen molar-refractivity contribution in [3.63, 3.8) is 0 Å². The molecule has 7 nitrogen and oxygen atoms in total. The maximum Gasteiger partial charge on any atom is 0.410 e. The molecule has 1 amide bonds. The number of benzene rings is 1. The molecule has 0 spiro atoms. The van der Waals surface area contributed by atoms with E-state index in [4.69, 9.17) is 9.47 Å². The molecule has 8 heteroatoms. The van der Waals surface area contributed by atoms with Crippen molar-refractivity contribution in [2.45, 2.75) is 77.9 Å². The summed E-state index contributed by atoms with van der Waals surface area (Å²) in [5, 5.41) is 0. The Morgan fingerprint density at radius 2 is 1.89 bits per heavy atom. The number of piperidine rings is 1. The molecule has 1 aromatic heterocycles. The van der Waals surface area contributed by atoms with Crippen LogP contribution < -0.4 is 9.64 Å². The van der Waals surface area contributed by atoms with Crippen LogP contribution in [0.5, 0.6) is 5.75 Å². The van der Waals surface area contributed by atoms with Gasteiger partial charge in [-0.05, 0) is 81.2 Å². The highest BCUT2D eigenvalue weighted by Gasteiger charge is 2.35. The van der Waals surface area contributed by atoms with E-state index >= 15 is 4.39 Å². The highest BCUT2D eigenvalue weighted by Crippen LogP contribution is 2.39. The Morgan fingerprint density at radius 3 is 2.53 bits per heavy atom. The number of aryl methyl sites for hydroxylation is 1. The van der Waals surface area contributed by atoms with Crippen LogP contribution in [0.1, 0.15) is 70.1 Å². The van der Waals surface area contributed by atoms with E-state index in [-0.39, 0.29) is 18.0 Å². The Labute approximate surface area is 225 Å². The van der Waals surface area contributed by atoms with Crippen molar-refractivity contribution in [3.8, 4) is 5.75 Å². The highest BCUT2D eigenvalue weighted by molar-refractivity contribution is 5.73. The maximum atomic E-state index is 15.1. The van der Waals surface area contributed by atoms with Crippen molar-refractivity contribution >= 4 is 17.6 Å². The molecule has 3 aliphatic rings. The normalized spacial score (nSPS) is 20.1. The molecule has 4 heterocycles. The number of aromatic nitrogens is 2. The van der Waals surface area contributed by atoms with Crippen molar-refractivity contribution in [3.05, 3.63) is 53.1 Å². The zero-order valence-corrected chi connectivity index (χ0v) is 23.0. The summed E-state index contributed by atoms with van der Waals surface area (Å²) in [6.07, 6.45) is 11.0. The first-order valence-corrected chi connectivity index (χ1v) is 13.9. The summed E-state index contributed by atoms with van der Waals surface area (Å²) in [7, 11) is 0. The lowest BCUT2D eigenvalue weighted by atomic mass is 9.88. The third-order valence-electron chi connectivity index (χ3n) is 7.62. The number of anilines is 1. The van der Waals surface area contributed by atoms with Gasteiger partial charge in [-0.15, -0.1) is 0 Å². The third kappa shape index (κ3) is 5.94. The number of amides is 1. The van der Waals surface area contributed by atoms with E-state index in [1.807, 2.05) is 39.2 Å². The summed E-state index contributed by atoms with van der Waals surface area (Å²) in [6.45, 7) is 10.5. The number of carbonyl (C=O) groups is 1. The third-order valence-corrected chi connectivity index (χ3v) is 7.62. The van der Waals surface area contributed by atoms with Gasteiger partial charge in [0.05, 0.1) is 0 Å². The lowest BCUT2D eigenvalue weighted by Crippen LogP contribution is -2.40. The molecule has 1 unspecified atom stereocenters. The van der Waals surface area contributed by atoms with Gasteiger partial charge in [0.25, 0.3) is 0 Å². The minimum absolute atomic E-state index is 0.00672. The quantitative estimate of drug-likeness (QED) is 0.494. The van der Waals surface area contributed by atoms with Crippen LogP contribution in [0.15, 0.2) is 30.6 Å². The first-order chi connectivity index (χ1) is 18.2. The molecular weight excluding hydrogens is 483 g/mol. The summed E-state index contributed by atoms with van der Waals surface area (Å²) in [6, 6.07) is 3.66. The second-order valence-corrected chi connectivity index (χ2v) is 11.7. The molecule has 1 saturated heterocycles. The molecule has 0 aliphatic carbocycles. The number of fused-ring (bicyclic) bond motifs is 1. The Kier molecular flexibility index (Phi) is 7.59. The molecule has 1 aromatic carbocycles. The van der Waals surface area contributed by atoms with Crippen molar-refractivity contribution < 1.29 is 18.7 Å². The van der Waals surface area contributed by atoms with Gasteiger partial charge in [-0.25, -0.2) is 19.2 Å². The minimum Gasteiger partial charge on any atom is -0.486 e. The molecule has 3 aliphatic heterocycles. The second-order valence-electron chi connectivity index (χ2n) is 11.7. The van der Waals surface area contributed by atoms with Gasteiger partial charge < -0.3 is 19.3 Å². The lowest BCUT2D eigenvalue weighted by Gasteiger charge is -2.34. The highest BCUT2D eigenvalue weighted by atomic mass is 19.1. The van der Waals surface area contributed by atoms with Crippen molar-refractivity contribution in [2.75, 3.05) is 31.1 Å². The van der Waals surface area contributed by atoms with Crippen LogP contribution in [0.4, 0.5) is 15.1 Å². The number of hydrogen-bond donors (Lipinski definition) is 0. The van der Waals surface area contributed by atoms with Crippen molar-refractivity contribution in [1.29, 1.82) is 0 Å². The first-order valence-electron chi connectivity index (χ1n) is 13.9. The van der Waals surface area contributed by atoms with Gasteiger partial charge in [-0.1, -0.05) is 19.4 Å². The van der Waals surface area contributed by atoms with Gasteiger partial charge in [0.1, 0.15) is 11.7 Å². The van der Waals surface area contributed by atoms with Crippen LogP contribution in [-0.4, -0.2) is 58.8 Å². The maximum absolute atomic E-state index is 15.1. The molecule has 5 rings (SSSR count). The Hall–Kier alpha value is -3.16. The lowest BCUT2D eigenvalue weighted by molar-refractivity contribution is 0.0270. The number of hydrogen-bond acceptors (Lipinski definition) is 6. The van der Waals surface area contributed by atoms with E-state index in [9.17, 15) is 4.79 Å². The second kappa shape index (κ2) is 10.9. The minimum atomic E-state index is -0.523. The number of ether oxygens (including phenoxy) is 2. The van der Waals surface area contributed by atoms with Crippen LogP contribution in [-0.2, 0) is 17.6 Å². The molecule has 1 fully saturated rings. The zero-order valence-electron chi connectivity index (χ0n) is 23.0. The number of carbonyl (C=O) groups excluding carboxylic acids is 1. The van der Waals surface area contributed by atoms with E-state index < -0.39 is 5.60 Å². The Bertz CT molecular complexity index is 1180. The first kappa shape index (κ1) is 26.4. The fourth-order valence-corrected chi connectivity index (χ4v) is 5.62. The number of rotatable bonds is 5. The molecule has 0 radical (unpaired) electrons. The topological polar surface area (TPSA) is 67.8 Å². The van der Waals surface area contributed by atoms with Gasteiger partial charge >= 0.3 is 6.09 Å². The molecule has 2 aromatic rings. The average Bonchev–Trinajstić information content (AvgIpc) is 3.34. The number of halogens is 1. The van der Waals surface area contributed by atoms with Crippen LogP contribution in [0.25, 0.3) is 5.57 Å². The van der Waals surface area contributed by atoms with Crippen LogP contribution >= 0.6 is 0 Å². The van der Waals surface area contributed by atoms with Crippen LogP contribution in [0.3, 0.4) is 0 Å². The molecule has 0 bridgehead atoms. The monoisotopic (exact) mass is 522 g/mol. The summed E-state index contributed by atoms with van der Waals surface area (Å²) in [5.74, 6) is 1.27. The van der Waals surface area contributed by atoms with E-state index in [0.717, 1.165) is 67.8 Å². The van der Waals surface area contributed by atoms with Gasteiger partial charge in [-0.3, -0.25) is 0 Å². The van der Waals surface area contributed by atoms with E-state index in [0.29, 0.717) is 31.2 Å². The van der Waals surface area contributed by atoms with Gasteiger partial charge in [0.15, 0.2) is 11.6 Å². The van der Waals surface area contributed by atoms with Crippen LogP contribution in [0, 0.1) is 11.7 Å². The molecule has 0 N–H and O–H groups in total. The molecular formula is C30H39FN4O3. The fourth-order valence-electron chi connectivity index (χ4n) is 5.62. The van der Waals surface area contributed by atoms with E-state index in [1.165, 1.54) is 5.56 Å². The Balaban J connectivity index is 1.18. The summed E-state index contributed by atoms with van der Waals surface area (Å²) in [5.41, 5.74) is 3.54. The SMILES string of the molecule is CCCc1cnc(N2CCC(C3Cc4cc(C5=CCN(C(=O)OC(C)(C)C)CC5)cc(F)c4O3)CC2)nc1. The molecule has 38 heavy (non-hydrogen) atoms. The van der Waals surface area contributed by atoms with Crippen LogP contribution in [0.2, 0.25) is 0 Å². The predicted octanol–water partition coefficient (Wildman–Crippen LogP) is 5.81. The number of nitrogens with zero attached hydrogens (tertiary/aromatic N) is 4. The summed E-state index contributed by atoms with van der Waals surface area (Å²) in [4.78, 5) is 25.4. The van der Waals surface area contributed by atoms with Crippen molar-refractivity contribution in [2.24, 2.45) is 5.92 Å². The average molecular weight is 523 g/mol. The zero-order chi connectivity index (χ0) is 26.9. The molecule has 204 valence electrons. The van der Waals surface area contributed by atoms with E-state index in [1.54, 1.807) is 11.0 Å². The van der Waals surface area contributed by atoms with E-state index in [2.05, 4.69) is 27.9 Å². The van der Waals surface area contributed by atoms with Gasteiger partial charge in [0.2, 0.25) is 5.95 Å². The molecule has 1 atom stereocenters. The largest absolute Gasteiger partial charge is 0.486 e. The van der Waals surface area contributed by atoms with Gasteiger partial charge in [-0.2, -0.15) is 0 Å². The van der Waals surface area contributed by atoms with Gasteiger partial charge in [0, 0.05) is 50.6 Å². The predicted molar refractivity (Wildman–Crippen MR) is 146 cm³/mol. The fraction of sp³-hybridized carbons (Fsp3) is 0.567. The van der Waals surface area contributed by atoms with Crippen molar-refractivity contribution in [1.82, 2.24) is 14.9 Å². The summed E-state index contributed by atoms with van der Waals surface area (Å²) >= 11 is 0. The standard InChI is InChI=1S/C30H39FN4O3/c1-5-6-20-18-32-28(33-19-20)34-11-9-22(10-12-34)26-17-24-15-23(16-25(31)27(24)37-26)21-7-13-35(14-8-21)29(36)38-30(2,3)4/h7,15-16,18-19,22,26H,5-6,8-14,17H2,1-4H3.